The molecule has 0 amide bonds. The molecule has 2 saturated heterocycles. The van der Waals surface area contributed by atoms with Crippen molar-refractivity contribution in [3.63, 3.8) is 0 Å². The maximum Gasteiger partial charge on any atom is 0.294 e. The lowest BCUT2D eigenvalue weighted by molar-refractivity contribution is -0.0334. The van der Waals surface area contributed by atoms with Crippen molar-refractivity contribution in [2.24, 2.45) is 0 Å². The Hall–Kier alpha value is -0.320. The SMILES string of the molecule is C1COCCO1.C1COCCO1.O=S(=O)(O)CF. The second kappa shape index (κ2) is 11.8. The van der Waals surface area contributed by atoms with Crippen LogP contribution in [0, 0.1) is 0 Å². The molecular formula is C9H19FO7S. The van der Waals surface area contributed by atoms with Crippen molar-refractivity contribution < 1.29 is 36.3 Å². The van der Waals surface area contributed by atoms with Crippen LogP contribution in [0.1, 0.15) is 0 Å². The highest BCUT2D eigenvalue weighted by atomic mass is 32.2. The lowest BCUT2D eigenvalue weighted by Crippen LogP contribution is -2.16. The van der Waals surface area contributed by atoms with Crippen LogP contribution in [0.5, 0.6) is 0 Å². The molecule has 0 atom stereocenters. The first-order valence-electron chi connectivity index (χ1n) is 5.38. The third kappa shape index (κ3) is 15.7. The molecule has 2 aliphatic rings. The maximum absolute atomic E-state index is 10.7. The number of hydrogen-bond acceptors (Lipinski definition) is 6. The first kappa shape index (κ1) is 17.7. The van der Waals surface area contributed by atoms with Gasteiger partial charge in [0.2, 0.25) is 6.01 Å². The van der Waals surface area contributed by atoms with E-state index in [2.05, 4.69) is 0 Å². The molecule has 9 heteroatoms. The Morgan fingerprint density at radius 3 is 1.00 bits per heavy atom. The van der Waals surface area contributed by atoms with Crippen LogP contribution in [-0.4, -0.2) is 71.8 Å². The van der Waals surface area contributed by atoms with Gasteiger partial charge in [0.1, 0.15) is 0 Å². The Morgan fingerprint density at radius 2 is 0.944 bits per heavy atom. The van der Waals surface area contributed by atoms with Gasteiger partial charge in [-0.3, -0.25) is 4.55 Å². The summed E-state index contributed by atoms with van der Waals surface area (Å²) in [6, 6.07) is -1.70. The van der Waals surface area contributed by atoms with Gasteiger partial charge in [0.05, 0.1) is 52.9 Å². The van der Waals surface area contributed by atoms with Gasteiger partial charge in [-0.1, -0.05) is 0 Å². The summed E-state index contributed by atoms with van der Waals surface area (Å²) < 4.78 is 56.2. The van der Waals surface area contributed by atoms with E-state index in [9.17, 15) is 12.8 Å². The van der Waals surface area contributed by atoms with Crippen LogP contribution in [0.15, 0.2) is 0 Å². The van der Waals surface area contributed by atoms with Crippen molar-refractivity contribution in [3.05, 3.63) is 0 Å². The molecule has 0 radical (unpaired) electrons. The molecule has 0 aromatic heterocycles. The normalized spacial score (nSPS) is 19.9. The summed E-state index contributed by atoms with van der Waals surface area (Å²) in [5, 5.41) is 0. The minimum Gasteiger partial charge on any atom is -0.377 e. The molecule has 0 aromatic carbocycles. The number of hydrogen-bond donors (Lipinski definition) is 1. The van der Waals surface area contributed by atoms with Gasteiger partial charge in [-0.15, -0.1) is 0 Å². The molecule has 2 rings (SSSR count). The van der Waals surface area contributed by atoms with E-state index in [0.29, 0.717) is 0 Å². The summed E-state index contributed by atoms with van der Waals surface area (Å²) >= 11 is 0. The van der Waals surface area contributed by atoms with Crippen LogP contribution in [0.2, 0.25) is 0 Å². The molecule has 2 fully saturated rings. The molecule has 7 nitrogen and oxygen atoms in total. The van der Waals surface area contributed by atoms with Crippen LogP contribution < -0.4 is 0 Å². The van der Waals surface area contributed by atoms with Gasteiger partial charge in [-0.05, 0) is 0 Å². The Balaban J connectivity index is 0.000000241. The molecule has 2 aliphatic heterocycles. The van der Waals surface area contributed by atoms with Crippen molar-refractivity contribution in [2.45, 2.75) is 0 Å². The van der Waals surface area contributed by atoms with Gasteiger partial charge in [-0.2, -0.15) is 8.42 Å². The van der Waals surface area contributed by atoms with E-state index in [1.54, 1.807) is 0 Å². The van der Waals surface area contributed by atoms with E-state index < -0.39 is 16.1 Å². The van der Waals surface area contributed by atoms with Gasteiger partial charge >= 0.3 is 0 Å². The topological polar surface area (TPSA) is 91.3 Å². The average molecular weight is 290 g/mol. The fraction of sp³-hybridized carbons (Fsp3) is 1.00. The van der Waals surface area contributed by atoms with Gasteiger partial charge in [0, 0.05) is 0 Å². The predicted octanol–water partition coefficient (Wildman–Crippen LogP) is -0.132. The quantitative estimate of drug-likeness (QED) is 0.672. The van der Waals surface area contributed by atoms with E-state index in [1.807, 2.05) is 0 Å². The zero-order valence-corrected chi connectivity index (χ0v) is 10.9. The first-order chi connectivity index (χ1) is 8.56. The molecule has 0 bridgehead atoms. The van der Waals surface area contributed by atoms with Crippen LogP contribution in [0.25, 0.3) is 0 Å². The molecule has 0 saturated carbocycles. The third-order valence-electron chi connectivity index (χ3n) is 1.63. The summed E-state index contributed by atoms with van der Waals surface area (Å²) in [6.07, 6.45) is 0. The Labute approximate surface area is 106 Å². The third-order valence-corrected chi connectivity index (χ3v) is 1.90. The van der Waals surface area contributed by atoms with Crippen molar-refractivity contribution in [2.75, 3.05) is 58.9 Å². The van der Waals surface area contributed by atoms with E-state index in [0.717, 1.165) is 52.9 Å². The molecule has 2 heterocycles. The molecular weight excluding hydrogens is 271 g/mol. The van der Waals surface area contributed by atoms with Crippen molar-refractivity contribution in [1.29, 1.82) is 0 Å². The average Bonchev–Trinajstić information content (AvgIpc) is 2.43. The molecule has 0 unspecified atom stereocenters. The largest absolute Gasteiger partial charge is 0.377 e. The lowest BCUT2D eigenvalue weighted by Gasteiger charge is -2.09. The monoisotopic (exact) mass is 290 g/mol. The fourth-order valence-corrected chi connectivity index (χ4v) is 0.880. The number of alkyl halides is 1. The van der Waals surface area contributed by atoms with E-state index in [1.165, 1.54) is 0 Å². The van der Waals surface area contributed by atoms with Crippen LogP contribution in [0.4, 0.5) is 4.39 Å². The fourth-order valence-electron chi connectivity index (χ4n) is 0.880. The molecule has 0 aromatic rings. The molecule has 18 heavy (non-hydrogen) atoms. The van der Waals surface area contributed by atoms with Crippen molar-refractivity contribution in [1.82, 2.24) is 0 Å². The lowest BCUT2D eigenvalue weighted by atomic mass is 10.6. The first-order valence-corrected chi connectivity index (χ1v) is 6.99. The minimum absolute atomic E-state index is 0.778. The summed E-state index contributed by atoms with van der Waals surface area (Å²) in [5.41, 5.74) is 0. The highest BCUT2D eigenvalue weighted by molar-refractivity contribution is 7.85. The Bertz CT molecular complexity index is 227. The highest BCUT2D eigenvalue weighted by Crippen LogP contribution is 1.85. The van der Waals surface area contributed by atoms with Crippen LogP contribution in [0.3, 0.4) is 0 Å². The van der Waals surface area contributed by atoms with Crippen LogP contribution in [-0.2, 0) is 29.1 Å². The summed E-state index contributed by atoms with van der Waals surface area (Å²) in [5.74, 6) is 0. The van der Waals surface area contributed by atoms with Gasteiger partial charge in [0.25, 0.3) is 10.1 Å². The predicted molar refractivity (Wildman–Crippen MR) is 60.8 cm³/mol. The zero-order chi connectivity index (χ0) is 13.7. The van der Waals surface area contributed by atoms with Gasteiger partial charge in [0.15, 0.2) is 0 Å². The smallest absolute Gasteiger partial charge is 0.294 e. The van der Waals surface area contributed by atoms with Crippen LogP contribution >= 0.6 is 0 Å². The summed E-state index contributed by atoms with van der Waals surface area (Å²) in [7, 11) is -4.33. The molecule has 110 valence electrons. The molecule has 1 N–H and O–H groups in total. The van der Waals surface area contributed by atoms with Gasteiger partial charge in [-0.25, -0.2) is 4.39 Å². The second-order valence-corrected chi connectivity index (χ2v) is 4.52. The molecule has 0 spiro atoms. The van der Waals surface area contributed by atoms with Crippen molar-refractivity contribution in [3.8, 4) is 0 Å². The second-order valence-electron chi connectivity index (χ2n) is 3.14. The summed E-state index contributed by atoms with van der Waals surface area (Å²) in [4.78, 5) is 0. The van der Waals surface area contributed by atoms with E-state index >= 15 is 0 Å². The highest BCUT2D eigenvalue weighted by Gasteiger charge is 1.97. The maximum atomic E-state index is 10.7. The zero-order valence-electron chi connectivity index (χ0n) is 10.0. The summed E-state index contributed by atoms with van der Waals surface area (Å²) in [6.45, 7) is 6.22. The number of ether oxygens (including phenoxy) is 4. The Morgan fingerprint density at radius 1 is 0.778 bits per heavy atom. The number of rotatable bonds is 1. The standard InChI is InChI=1S/2C4H8O2.CH3FO3S/c2*1-2-6-4-3-5-1;2-1-6(3,4)5/h2*1-4H2;1H2,(H,3,4,5). The number of halogens is 1. The minimum atomic E-state index is -4.33. The van der Waals surface area contributed by atoms with Gasteiger partial charge < -0.3 is 18.9 Å². The van der Waals surface area contributed by atoms with E-state index in [4.69, 9.17) is 23.5 Å². The van der Waals surface area contributed by atoms with E-state index in [-0.39, 0.29) is 0 Å². The van der Waals surface area contributed by atoms with Crippen molar-refractivity contribution >= 4 is 10.1 Å². The Kier molecular flexibility index (Phi) is 11.5. The molecule has 0 aliphatic carbocycles.